The highest BCUT2D eigenvalue weighted by atomic mass is 35.5. The topological polar surface area (TPSA) is 43.1 Å². The summed E-state index contributed by atoms with van der Waals surface area (Å²) in [6.07, 6.45) is 0. The van der Waals surface area contributed by atoms with Gasteiger partial charge < -0.3 is 4.42 Å². The van der Waals surface area contributed by atoms with Crippen molar-refractivity contribution in [3.05, 3.63) is 29.7 Å². The molecule has 1 aromatic carbocycles. The summed E-state index contributed by atoms with van der Waals surface area (Å²) in [7, 11) is 0. The van der Waals surface area contributed by atoms with Crippen molar-refractivity contribution in [1.29, 1.82) is 0 Å². The highest BCUT2D eigenvalue weighted by molar-refractivity contribution is 6.30. The molecular weight excluding hydrogens is 237 g/mol. The van der Waals surface area contributed by atoms with Crippen LogP contribution in [-0.4, -0.2) is 16.6 Å². The van der Waals surface area contributed by atoms with Crippen LogP contribution in [0.2, 0.25) is 0 Å². The molecule has 0 spiro atoms. The molecular formula is C10H7Cl2NO2. The molecule has 1 aromatic heterocycles. The highest BCUT2D eigenvalue weighted by Gasteiger charge is 2.09. The van der Waals surface area contributed by atoms with Gasteiger partial charge >= 0.3 is 0 Å². The van der Waals surface area contributed by atoms with E-state index in [1.165, 1.54) is 0 Å². The van der Waals surface area contributed by atoms with Crippen molar-refractivity contribution in [3.8, 4) is 0 Å². The largest absolute Gasteiger partial charge is 0.439 e. The Balaban J connectivity index is 2.50. The van der Waals surface area contributed by atoms with Gasteiger partial charge in [-0.1, -0.05) is 0 Å². The number of carbonyl (C=O) groups excluding carboxylic acids is 1. The monoisotopic (exact) mass is 243 g/mol. The third-order valence-electron chi connectivity index (χ3n) is 1.99. The van der Waals surface area contributed by atoms with Gasteiger partial charge in [0.05, 0.1) is 11.8 Å². The number of ketones is 1. The molecule has 2 rings (SSSR count). The predicted octanol–water partition coefficient (Wildman–Crippen LogP) is 2.99. The maximum absolute atomic E-state index is 11.3. The summed E-state index contributed by atoms with van der Waals surface area (Å²) in [6, 6.07) is 5.01. The Morgan fingerprint density at radius 2 is 2.20 bits per heavy atom. The van der Waals surface area contributed by atoms with Gasteiger partial charge in [0.15, 0.2) is 11.4 Å². The Morgan fingerprint density at radius 3 is 2.87 bits per heavy atom. The molecule has 5 heteroatoms. The van der Waals surface area contributed by atoms with E-state index in [-0.39, 0.29) is 17.5 Å². The molecule has 0 unspecified atom stereocenters. The van der Waals surface area contributed by atoms with Gasteiger partial charge in [0.2, 0.25) is 5.89 Å². The Morgan fingerprint density at radius 1 is 1.40 bits per heavy atom. The van der Waals surface area contributed by atoms with Crippen LogP contribution in [0.15, 0.2) is 22.6 Å². The van der Waals surface area contributed by atoms with Crippen molar-refractivity contribution >= 4 is 40.1 Å². The lowest BCUT2D eigenvalue weighted by molar-refractivity contribution is 0.102. The fourth-order valence-corrected chi connectivity index (χ4v) is 1.55. The van der Waals surface area contributed by atoms with Crippen LogP contribution < -0.4 is 0 Å². The van der Waals surface area contributed by atoms with Crippen molar-refractivity contribution in [2.75, 3.05) is 5.88 Å². The fourth-order valence-electron chi connectivity index (χ4n) is 1.28. The minimum atomic E-state index is -0.131. The summed E-state index contributed by atoms with van der Waals surface area (Å²) in [5, 5.41) is 0. The minimum Gasteiger partial charge on any atom is -0.439 e. The molecule has 0 saturated carbocycles. The van der Waals surface area contributed by atoms with Gasteiger partial charge in [-0.15, -0.1) is 23.2 Å². The molecule has 0 aliphatic heterocycles. The van der Waals surface area contributed by atoms with E-state index in [1.54, 1.807) is 18.2 Å². The molecule has 0 atom stereocenters. The molecule has 0 fully saturated rings. The Bertz CT molecular complexity index is 507. The van der Waals surface area contributed by atoms with Gasteiger partial charge in [0.25, 0.3) is 0 Å². The second kappa shape index (κ2) is 4.21. The molecule has 0 saturated heterocycles. The first-order valence-electron chi connectivity index (χ1n) is 4.29. The summed E-state index contributed by atoms with van der Waals surface area (Å²) < 4.78 is 5.30. The van der Waals surface area contributed by atoms with Crippen LogP contribution in [0.3, 0.4) is 0 Å². The van der Waals surface area contributed by atoms with Crippen molar-refractivity contribution in [2.24, 2.45) is 0 Å². The second-order valence-corrected chi connectivity index (χ2v) is 3.52. The standard InChI is InChI=1S/C10H7Cl2NO2/c11-4-8(14)6-1-2-9-7(3-6)13-10(5-12)15-9/h1-3H,4-5H2. The molecule has 0 bridgehead atoms. The van der Waals surface area contributed by atoms with E-state index in [0.29, 0.717) is 22.6 Å². The molecule has 2 aromatic rings. The lowest BCUT2D eigenvalue weighted by Crippen LogP contribution is -1.99. The maximum atomic E-state index is 11.3. The van der Waals surface area contributed by atoms with Gasteiger partial charge in [-0.3, -0.25) is 4.79 Å². The second-order valence-electron chi connectivity index (χ2n) is 2.98. The average molecular weight is 244 g/mol. The molecule has 1 heterocycles. The van der Waals surface area contributed by atoms with Crippen molar-refractivity contribution < 1.29 is 9.21 Å². The summed E-state index contributed by atoms with van der Waals surface area (Å²) in [6.45, 7) is 0. The van der Waals surface area contributed by atoms with E-state index in [4.69, 9.17) is 27.6 Å². The average Bonchev–Trinajstić information content (AvgIpc) is 2.69. The molecule has 15 heavy (non-hydrogen) atoms. The number of halogens is 2. The van der Waals surface area contributed by atoms with E-state index >= 15 is 0 Å². The Hall–Kier alpha value is -1.06. The van der Waals surface area contributed by atoms with E-state index in [2.05, 4.69) is 4.98 Å². The predicted molar refractivity (Wildman–Crippen MR) is 58.6 cm³/mol. The van der Waals surface area contributed by atoms with Gasteiger partial charge in [-0.25, -0.2) is 4.98 Å². The highest BCUT2D eigenvalue weighted by Crippen LogP contribution is 2.18. The quantitative estimate of drug-likeness (QED) is 0.615. The number of benzene rings is 1. The van der Waals surface area contributed by atoms with Crippen LogP contribution in [0.25, 0.3) is 11.1 Å². The van der Waals surface area contributed by atoms with E-state index in [0.717, 1.165) is 0 Å². The Kier molecular flexibility index (Phi) is 2.93. The van der Waals surface area contributed by atoms with Crippen molar-refractivity contribution in [3.63, 3.8) is 0 Å². The third-order valence-corrected chi connectivity index (χ3v) is 2.46. The number of nitrogens with zero attached hydrogens (tertiary/aromatic N) is 1. The number of hydrogen-bond donors (Lipinski definition) is 0. The van der Waals surface area contributed by atoms with Crippen molar-refractivity contribution in [1.82, 2.24) is 4.98 Å². The number of alkyl halides is 2. The van der Waals surface area contributed by atoms with Crippen LogP contribution in [0.5, 0.6) is 0 Å². The third kappa shape index (κ3) is 1.98. The van der Waals surface area contributed by atoms with E-state index in [9.17, 15) is 4.79 Å². The van der Waals surface area contributed by atoms with Gasteiger partial charge in [-0.2, -0.15) is 0 Å². The summed E-state index contributed by atoms with van der Waals surface area (Å²) in [4.78, 5) is 15.4. The number of oxazole rings is 1. The van der Waals surface area contributed by atoms with E-state index < -0.39 is 0 Å². The summed E-state index contributed by atoms with van der Waals surface area (Å²) >= 11 is 11.0. The fraction of sp³-hybridized carbons (Fsp3) is 0.200. The van der Waals surface area contributed by atoms with Gasteiger partial charge in [-0.05, 0) is 18.2 Å². The Labute approximate surface area is 96.0 Å². The number of rotatable bonds is 3. The zero-order valence-corrected chi connectivity index (χ0v) is 9.18. The van der Waals surface area contributed by atoms with Crippen LogP contribution in [0.4, 0.5) is 0 Å². The smallest absolute Gasteiger partial charge is 0.210 e. The number of aromatic nitrogens is 1. The molecule has 0 radical (unpaired) electrons. The number of Topliss-reactive ketones (excluding diaryl/α,β-unsaturated/α-hetero) is 1. The zero-order chi connectivity index (χ0) is 10.8. The summed E-state index contributed by atoms with van der Waals surface area (Å²) in [5.74, 6) is 0.496. The van der Waals surface area contributed by atoms with Gasteiger partial charge in [0.1, 0.15) is 5.52 Å². The molecule has 0 N–H and O–H groups in total. The number of hydrogen-bond acceptors (Lipinski definition) is 3. The summed E-state index contributed by atoms with van der Waals surface area (Å²) in [5.41, 5.74) is 1.78. The SMILES string of the molecule is O=C(CCl)c1ccc2oc(CCl)nc2c1. The van der Waals surface area contributed by atoms with Crippen LogP contribution in [-0.2, 0) is 5.88 Å². The minimum absolute atomic E-state index is 0.0360. The van der Waals surface area contributed by atoms with Crippen LogP contribution in [0, 0.1) is 0 Å². The molecule has 0 amide bonds. The number of carbonyl (C=O) groups is 1. The molecule has 78 valence electrons. The first kappa shape index (κ1) is 10.5. The first-order chi connectivity index (χ1) is 7.24. The molecule has 0 aliphatic rings. The first-order valence-corrected chi connectivity index (χ1v) is 5.36. The van der Waals surface area contributed by atoms with E-state index in [1.807, 2.05) is 0 Å². The van der Waals surface area contributed by atoms with Gasteiger partial charge in [0, 0.05) is 5.56 Å². The lowest BCUT2D eigenvalue weighted by atomic mass is 10.1. The molecule has 3 nitrogen and oxygen atoms in total. The molecule has 0 aliphatic carbocycles. The maximum Gasteiger partial charge on any atom is 0.210 e. The van der Waals surface area contributed by atoms with Crippen molar-refractivity contribution in [2.45, 2.75) is 5.88 Å². The lowest BCUT2D eigenvalue weighted by Gasteiger charge is -1.94. The normalized spacial score (nSPS) is 10.8. The number of fused-ring (bicyclic) bond motifs is 1. The van der Waals surface area contributed by atoms with Crippen LogP contribution >= 0.6 is 23.2 Å². The zero-order valence-electron chi connectivity index (χ0n) is 7.67. The van der Waals surface area contributed by atoms with Crippen LogP contribution in [0.1, 0.15) is 16.2 Å².